The fourth-order valence-electron chi connectivity index (χ4n) is 0.595. The second-order valence-electron chi connectivity index (χ2n) is 2.32. The van der Waals surface area contributed by atoms with E-state index in [4.69, 9.17) is 16.7 Å². The van der Waals surface area contributed by atoms with Crippen molar-refractivity contribution < 1.29 is 14.7 Å². The van der Waals surface area contributed by atoms with Crippen molar-refractivity contribution in [3.63, 3.8) is 0 Å². The number of carbonyl (C=O) groups is 2. The van der Waals surface area contributed by atoms with Crippen LogP contribution in [0.15, 0.2) is 12.2 Å². The zero-order valence-corrected chi connectivity index (χ0v) is 7.39. The lowest BCUT2D eigenvalue weighted by atomic mass is 10.1. The van der Waals surface area contributed by atoms with Crippen molar-refractivity contribution in [1.82, 2.24) is 5.32 Å². The monoisotopic (exact) mass is 191 g/mol. The molecule has 12 heavy (non-hydrogen) atoms. The van der Waals surface area contributed by atoms with Gasteiger partial charge in [0.25, 0.3) is 0 Å². The summed E-state index contributed by atoms with van der Waals surface area (Å²) >= 11 is 5.17. The first-order chi connectivity index (χ1) is 5.49. The zero-order chi connectivity index (χ0) is 9.72. The van der Waals surface area contributed by atoms with Crippen molar-refractivity contribution in [2.45, 2.75) is 13.0 Å². The second-order valence-corrected chi connectivity index (χ2v) is 2.59. The molecule has 0 aromatic rings. The zero-order valence-electron chi connectivity index (χ0n) is 6.63. The molecular formula is C7H10ClNO3. The molecular weight excluding hydrogens is 182 g/mol. The quantitative estimate of drug-likeness (QED) is 0.499. The number of hydrogen-bond donors (Lipinski definition) is 2. The van der Waals surface area contributed by atoms with Gasteiger partial charge in [0, 0.05) is 0 Å². The van der Waals surface area contributed by atoms with E-state index in [-0.39, 0.29) is 5.88 Å². The fraction of sp³-hybridized carbons (Fsp3) is 0.429. The summed E-state index contributed by atoms with van der Waals surface area (Å²) in [5, 5.41) is 10.8. The predicted molar refractivity (Wildman–Crippen MR) is 45.1 cm³/mol. The van der Waals surface area contributed by atoms with Gasteiger partial charge in [0.2, 0.25) is 5.91 Å². The van der Waals surface area contributed by atoms with E-state index in [1.807, 2.05) is 0 Å². The summed E-state index contributed by atoms with van der Waals surface area (Å²) in [7, 11) is 0. The minimum Gasteiger partial charge on any atom is -0.479 e. The molecule has 0 fully saturated rings. The van der Waals surface area contributed by atoms with Crippen molar-refractivity contribution in [2.24, 2.45) is 0 Å². The minimum atomic E-state index is -1.14. The van der Waals surface area contributed by atoms with E-state index < -0.39 is 17.9 Å². The molecule has 0 aromatic heterocycles. The number of carboxylic acid groups (broad SMARTS) is 1. The number of rotatable bonds is 4. The fourth-order valence-corrected chi connectivity index (χ4v) is 0.672. The first kappa shape index (κ1) is 11.0. The molecule has 0 spiro atoms. The molecule has 5 heteroatoms. The van der Waals surface area contributed by atoms with Crippen LogP contribution in [0.1, 0.15) is 6.92 Å². The third-order valence-corrected chi connectivity index (χ3v) is 1.41. The number of nitrogens with one attached hydrogen (secondary N) is 1. The van der Waals surface area contributed by atoms with Crippen LogP contribution in [0.4, 0.5) is 0 Å². The van der Waals surface area contributed by atoms with Gasteiger partial charge in [-0.15, -0.1) is 11.6 Å². The van der Waals surface area contributed by atoms with Gasteiger partial charge in [-0.3, -0.25) is 4.79 Å². The maximum atomic E-state index is 10.7. The van der Waals surface area contributed by atoms with Gasteiger partial charge in [0.05, 0.1) is 0 Å². The SMILES string of the molecule is C=C(C)C(NC(=O)CCl)C(=O)O. The van der Waals surface area contributed by atoms with Gasteiger partial charge in [-0.1, -0.05) is 6.58 Å². The predicted octanol–water partition coefficient (Wildman–Crippen LogP) is 0.371. The van der Waals surface area contributed by atoms with Crippen LogP contribution in [-0.2, 0) is 9.59 Å². The van der Waals surface area contributed by atoms with Crippen molar-refractivity contribution in [1.29, 1.82) is 0 Å². The van der Waals surface area contributed by atoms with Crippen LogP contribution in [0, 0.1) is 0 Å². The highest BCUT2D eigenvalue weighted by Gasteiger charge is 2.19. The van der Waals surface area contributed by atoms with E-state index in [1.54, 1.807) is 0 Å². The highest BCUT2D eigenvalue weighted by molar-refractivity contribution is 6.27. The largest absolute Gasteiger partial charge is 0.479 e. The summed E-state index contributed by atoms with van der Waals surface area (Å²) in [6, 6.07) is -1.05. The van der Waals surface area contributed by atoms with E-state index in [1.165, 1.54) is 6.92 Å². The Bertz CT molecular complexity index is 201. The molecule has 0 aliphatic rings. The van der Waals surface area contributed by atoms with Gasteiger partial charge in [0.1, 0.15) is 11.9 Å². The Kier molecular flexibility index (Phi) is 4.36. The molecule has 2 N–H and O–H groups in total. The number of carboxylic acids is 1. The van der Waals surface area contributed by atoms with Gasteiger partial charge in [-0.25, -0.2) is 4.79 Å². The smallest absolute Gasteiger partial charge is 0.330 e. The molecule has 1 unspecified atom stereocenters. The summed E-state index contributed by atoms with van der Waals surface area (Å²) < 4.78 is 0. The van der Waals surface area contributed by atoms with Crippen molar-refractivity contribution in [3.05, 3.63) is 12.2 Å². The van der Waals surface area contributed by atoms with Crippen LogP contribution >= 0.6 is 11.6 Å². The number of amides is 1. The average molecular weight is 192 g/mol. The van der Waals surface area contributed by atoms with Gasteiger partial charge < -0.3 is 10.4 Å². The maximum absolute atomic E-state index is 10.7. The van der Waals surface area contributed by atoms with Gasteiger partial charge in [-0.2, -0.15) is 0 Å². The molecule has 0 bridgehead atoms. The first-order valence-electron chi connectivity index (χ1n) is 3.22. The summed E-state index contributed by atoms with van der Waals surface area (Å²) in [6.07, 6.45) is 0. The molecule has 0 aliphatic heterocycles. The lowest BCUT2D eigenvalue weighted by Gasteiger charge is -2.12. The molecule has 0 aliphatic carbocycles. The highest BCUT2D eigenvalue weighted by Crippen LogP contribution is 1.97. The highest BCUT2D eigenvalue weighted by atomic mass is 35.5. The Labute approximate surface area is 75.2 Å². The topological polar surface area (TPSA) is 66.4 Å². The number of aliphatic carboxylic acids is 1. The number of hydrogen-bond acceptors (Lipinski definition) is 2. The molecule has 0 saturated carbocycles. The molecule has 1 amide bonds. The molecule has 0 rings (SSSR count). The first-order valence-corrected chi connectivity index (χ1v) is 3.76. The summed E-state index contributed by atoms with van der Waals surface area (Å²) in [5.41, 5.74) is 0.362. The van der Waals surface area contributed by atoms with E-state index in [0.29, 0.717) is 5.57 Å². The van der Waals surface area contributed by atoms with E-state index >= 15 is 0 Å². The molecule has 0 heterocycles. The van der Waals surface area contributed by atoms with Crippen LogP contribution in [0.5, 0.6) is 0 Å². The van der Waals surface area contributed by atoms with Crippen molar-refractivity contribution >= 4 is 23.5 Å². The Morgan fingerprint density at radius 2 is 2.17 bits per heavy atom. The molecule has 1 atom stereocenters. The lowest BCUT2D eigenvalue weighted by molar-refractivity contribution is -0.140. The van der Waals surface area contributed by atoms with Gasteiger partial charge >= 0.3 is 5.97 Å². The Hall–Kier alpha value is -1.03. The second kappa shape index (κ2) is 4.77. The van der Waals surface area contributed by atoms with Crippen LogP contribution in [-0.4, -0.2) is 28.9 Å². The van der Waals surface area contributed by atoms with E-state index in [2.05, 4.69) is 11.9 Å². The summed E-state index contributed by atoms with van der Waals surface area (Å²) in [4.78, 5) is 21.2. The van der Waals surface area contributed by atoms with Crippen LogP contribution in [0.2, 0.25) is 0 Å². The summed E-state index contributed by atoms with van der Waals surface area (Å²) in [5.74, 6) is -1.91. The maximum Gasteiger partial charge on any atom is 0.330 e. The standard InChI is InChI=1S/C7H10ClNO3/c1-4(2)6(7(11)12)9-5(10)3-8/h6H,1,3H2,2H3,(H,9,10)(H,11,12). The Morgan fingerprint density at radius 1 is 1.67 bits per heavy atom. The molecule has 4 nitrogen and oxygen atoms in total. The van der Waals surface area contributed by atoms with Crippen LogP contribution in [0.3, 0.4) is 0 Å². The molecule has 0 saturated heterocycles. The number of carbonyl (C=O) groups excluding carboxylic acids is 1. The van der Waals surface area contributed by atoms with Gasteiger partial charge in [0.15, 0.2) is 0 Å². The summed E-state index contributed by atoms with van der Waals surface area (Å²) in [6.45, 7) is 4.95. The lowest BCUT2D eigenvalue weighted by Crippen LogP contribution is -2.41. The third-order valence-electron chi connectivity index (χ3n) is 1.17. The number of alkyl halides is 1. The third kappa shape index (κ3) is 3.39. The van der Waals surface area contributed by atoms with Gasteiger partial charge in [-0.05, 0) is 12.5 Å². The molecule has 68 valence electrons. The van der Waals surface area contributed by atoms with Crippen molar-refractivity contribution in [2.75, 3.05) is 5.88 Å². The molecule has 0 radical (unpaired) electrons. The molecule has 0 aromatic carbocycles. The normalized spacial score (nSPS) is 11.8. The van der Waals surface area contributed by atoms with E-state index in [0.717, 1.165) is 0 Å². The Morgan fingerprint density at radius 3 is 2.42 bits per heavy atom. The van der Waals surface area contributed by atoms with E-state index in [9.17, 15) is 9.59 Å². The number of halogens is 1. The Balaban J connectivity index is 4.24. The van der Waals surface area contributed by atoms with Crippen molar-refractivity contribution in [3.8, 4) is 0 Å². The van der Waals surface area contributed by atoms with Crippen LogP contribution in [0.25, 0.3) is 0 Å². The average Bonchev–Trinajstić information content (AvgIpc) is 1.98. The van der Waals surface area contributed by atoms with Crippen LogP contribution < -0.4 is 5.32 Å². The minimum absolute atomic E-state index is 0.253.